The topological polar surface area (TPSA) is 103 Å². The Bertz CT molecular complexity index is 626. The zero-order valence-corrected chi connectivity index (χ0v) is 11.8. The number of methoxy groups -OCH3 is 1. The lowest BCUT2D eigenvalue weighted by Crippen LogP contribution is -2.17. The number of nitrogens with one attached hydrogen (secondary N) is 1. The summed E-state index contributed by atoms with van der Waals surface area (Å²) in [4.78, 5) is 14.5. The molecule has 0 bridgehead atoms. The van der Waals surface area contributed by atoms with Crippen molar-refractivity contribution in [3.05, 3.63) is 45.6 Å². The summed E-state index contributed by atoms with van der Waals surface area (Å²) in [7, 11) is 1.48. The van der Waals surface area contributed by atoms with Crippen molar-refractivity contribution >= 4 is 5.69 Å². The summed E-state index contributed by atoms with van der Waals surface area (Å²) in [5.74, 6) is 1.64. The monoisotopic (exact) mass is 292 g/mol. The Morgan fingerprint density at radius 1 is 1.43 bits per heavy atom. The van der Waals surface area contributed by atoms with Crippen LogP contribution in [0, 0.1) is 17.0 Å². The molecular weight excluding hydrogens is 276 g/mol. The molecule has 1 N–H and O–H groups in total. The van der Waals surface area contributed by atoms with Gasteiger partial charge in [-0.25, -0.2) is 0 Å². The molecule has 8 heteroatoms. The van der Waals surface area contributed by atoms with Crippen molar-refractivity contribution in [2.24, 2.45) is 0 Å². The highest BCUT2D eigenvalue weighted by Gasteiger charge is 2.10. The van der Waals surface area contributed by atoms with E-state index in [0.717, 1.165) is 5.56 Å². The fraction of sp³-hybridized carbons (Fsp3) is 0.385. The van der Waals surface area contributed by atoms with Crippen LogP contribution in [0.2, 0.25) is 0 Å². The first kappa shape index (κ1) is 14.9. The lowest BCUT2D eigenvalue weighted by molar-refractivity contribution is -0.385. The Morgan fingerprint density at radius 3 is 2.86 bits per heavy atom. The minimum absolute atomic E-state index is 0.0127. The molecule has 0 aliphatic rings. The van der Waals surface area contributed by atoms with E-state index in [1.54, 1.807) is 13.0 Å². The molecule has 2 aromatic rings. The van der Waals surface area contributed by atoms with Crippen molar-refractivity contribution in [1.29, 1.82) is 0 Å². The van der Waals surface area contributed by atoms with Gasteiger partial charge in [0.2, 0.25) is 5.89 Å². The summed E-state index contributed by atoms with van der Waals surface area (Å²) < 4.78 is 10.1. The largest absolute Gasteiger partial charge is 0.496 e. The summed E-state index contributed by atoms with van der Waals surface area (Å²) in [6, 6.07) is 4.67. The summed E-state index contributed by atoms with van der Waals surface area (Å²) in [5.41, 5.74) is 0.793. The van der Waals surface area contributed by atoms with Crippen LogP contribution in [0.15, 0.2) is 22.7 Å². The fourth-order valence-corrected chi connectivity index (χ4v) is 1.84. The van der Waals surface area contributed by atoms with Crippen molar-refractivity contribution in [3.8, 4) is 5.75 Å². The average Bonchev–Trinajstić information content (AvgIpc) is 2.88. The second-order valence-electron chi connectivity index (χ2n) is 4.46. The maximum Gasteiger partial charge on any atom is 0.273 e. The third-order valence-electron chi connectivity index (χ3n) is 2.81. The van der Waals surface area contributed by atoms with E-state index in [2.05, 4.69) is 15.5 Å². The number of ether oxygens (including phenoxy) is 1. The van der Waals surface area contributed by atoms with Gasteiger partial charge in [0.15, 0.2) is 5.82 Å². The second-order valence-corrected chi connectivity index (χ2v) is 4.46. The molecule has 0 unspecified atom stereocenters. The SMILES string of the molecule is COc1cc(CNCCc2nc(C)no2)cc([N+](=O)[O-])c1. The number of hydrogen-bond donors (Lipinski definition) is 1. The summed E-state index contributed by atoms with van der Waals surface area (Å²) in [6.45, 7) is 2.88. The molecule has 0 atom stereocenters. The van der Waals surface area contributed by atoms with Gasteiger partial charge in [-0.3, -0.25) is 10.1 Å². The van der Waals surface area contributed by atoms with Gasteiger partial charge >= 0.3 is 0 Å². The van der Waals surface area contributed by atoms with Crippen LogP contribution in [0.3, 0.4) is 0 Å². The predicted molar refractivity (Wildman–Crippen MR) is 74.1 cm³/mol. The molecule has 21 heavy (non-hydrogen) atoms. The van der Waals surface area contributed by atoms with E-state index < -0.39 is 4.92 Å². The maximum atomic E-state index is 10.8. The number of rotatable bonds is 7. The van der Waals surface area contributed by atoms with Crippen molar-refractivity contribution in [3.63, 3.8) is 0 Å². The second kappa shape index (κ2) is 6.80. The molecule has 112 valence electrons. The van der Waals surface area contributed by atoms with E-state index >= 15 is 0 Å². The van der Waals surface area contributed by atoms with E-state index in [1.807, 2.05) is 0 Å². The Labute approximate surface area is 121 Å². The molecule has 1 aromatic carbocycles. The number of nitro groups is 1. The number of nitro benzene ring substituents is 1. The molecule has 0 amide bonds. The van der Waals surface area contributed by atoms with Crippen molar-refractivity contribution in [2.45, 2.75) is 19.9 Å². The van der Waals surface area contributed by atoms with Gasteiger partial charge < -0.3 is 14.6 Å². The van der Waals surface area contributed by atoms with Crippen molar-refractivity contribution < 1.29 is 14.2 Å². The first-order valence-electron chi connectivity index (χ1n) is 6.40. The Balaban J connectivity index is 1.90. The summed E-state index contributed by atoms with van der Waals surface area (Å²) >= 11 is 0. The zero-order chi connectivity index (χ0) is 15.2. The van der Waals surface area contributed by atoms with Gasteiger partial charge in [-0.15, -0.1) is 0 Å². The molecule has 2 rings (SSSR count). The molecular formula is C13H16N4O4. The van der Waals surface area contributed by atoms with Crippen LogP contribution < -0.4 is 10.1 Å². The molecule has 0 fully saturated rings. The molecule has 0 saturated heterocycles. The number of aromatic nitrogens is 2. The van der Waals surface area contributed by atoms with Gasteiger partial charge in [0.05, 0.1) is 18.1 Å². The molecule has 1 aromatic heterocycles. The minimum Gasteiger partial charge on any atom is -0.496 e. The van der Waals surface area contributed by atoms with Crippen LogP contribution in [0.25, 0.3) is 0 Å². The van der Waals surface area contributed by atoms with Crippen molar-refractivity contribution in [1.82, 2.24) is 15.5 Å². The third-order valence-corrected chi connectivity index (χ3v) is 2.81. The third kappa shape index (κ3) is 4.25. The lowest BCUT2D eigenvalue weighted by atomic mass is 10.2. The highest BCUT2D eigenvalue weighted by molar-refractivity contribution is 5.42. The first-order valence-corrected chi connectivity index (χ1v) is 6.40. The van der Waals surface area contributed by atoms with Gasteiger partial charge in [0.1, 0.15) is 5.75 Å². The highest BCUT2D eigenvalue weighted by atomic mass is 16.6. The quantitative estimate of drug-likeness (QED) is 0.470. The summed E-state index contributed by atoms with van der Waals surface area (Å²) in [6.07, 6.45) is 0.604. The molecule has 1 heterocycles. The van der Waals surface area contributed by atoms with Gasteiger partial charge in [-0.1, -0.05) is 5.16 Å². The number of nitrogens with zero attached hydrogens (tertiary/aromatic N) is 3. The Hall–Kier alpha value is -2.48. The number of non-ortho nitro benzene ring substituents is 1. The van der Waals surface area contributed by atoms with E-state index in [4.69, 9.17) is 9.26 Å². The highest BCUT2D eigenvalue weighted by Crippen LogP contribution is 2.22. The maximum absolute atomic E-state index is 10.8. The molecule has 8 nitrogen and oxygen atoms in total. The fourth-order valence-electron chi connectivity index (χ4n) is 1.84. The van der Waals surface area contributed by atoms with Crippen LogP contribution in [0.5, 0.6) is 5.75 Å². The van der Waals surface area contributed by atoms with Crippen LogP contribution in [-0.2, 0) is 13.0 Å². The van der Waals surface area contributed by atoms with E-state index in [0.29, 0.717) is 37.0 Å². The summed E-state index contributed by atoms with van der Waals surface area (Å²) in [5, 5.41) is 17.7. The van der Waals surface area contributed by atoms with Gasteiger partial charge in [0.25, 0.3) is 5.69 Å². The molecule has 0 spiro atoms. The van der Waals surface area contributed by atoms with Crippen LogP contribution in [0.4, 0.5) is 5.69 Å². The van der Waals surface area contributed by atoms with Crippen molar-refractivity contribution in [2.75, 3.05) is 13.7 Å². The number of hydrogen-bond acceptors (Lipinski definition) is 7. The zero-order valence-electron chi connectivity index (χ0n) is 11.8. The van der Waals surface area contributed by atoms with Gasteiger partial charge in [0, 0.05) is 25.6 Å². The van der Waals surface area contributed by atoms with Gasteiger partial charge in [-0.05, 0) is 18.6 Å². The van der Waals surface area contributed by atoms with E-state index in [1.165, 1.54) is 19.2 Å². The number of aryl methyl sites for hydroxylation is 1. The average molecular weight is 292 g/mol. The van der Waals surface area contributed by atoms with Crippen LogP contribution in [-0.4, -0.2) is 28.7 Å². The normalized spacial score (nSPS) is 10.6. The molecule has 0 aliphatic heterocycles. The molecule has 0 aliphatic carbocycles. The van der Waals surface area contributed by atoms with Crippen LogP contribution in [0.1, 0.15) is 17.3 Å². The first-order chi connectivity index (χ1) is 10.1. The molecule has 0 radical (unpaired) electrons. The minimum atomic E-state index is -0.437. The van der Waals surface area contributed by atoms with Crippen LogP contribution >= 0.6 is 0 Å². The smallest absolute Gasteiger partial charge is 0.273 e. The molecule has 0 saturated carbocycles. The lowest BCUT2D eigenvalue weighted by Gasteiger charge is -2.06. The Morgan fingerprint density at radius 2 is 2.24 bits per heavy atom. The van der Waals surface area contributed by atoms with Gasteiger partial charge in [-0.2, -0.15) is 4.98 Å². The predicted octanol–water partition coefficient (Wildman–Crippen LogP) is 1.63. The number of benzene rings is 1. The standard InChI is InChI=1S/C13H16N4O4/c1-9-15-13(21-16-9)3-4-14-8-10-5-11(17(18)19)7-12(6-10)20-2/h5-7,14H,3-4,8H2,1-2H3. The van der Waals surface area contributed by atoms with E-state index in [9.17, 15) is 10.1 Å². The van der Waals surface area contributed by atoms with E-state index in [-0.39, 0.29) is 5.69 Å². The Kier molecular flexibility index (Phi) is 4.83.